The summed E-state index contributed by atoms with van der Waals surface area (Å²) in [6.07, 6.45) is 7.25. The SMILES string of the molecule is O=C(NC1CCN(C2CC3(CCNCC3)C2)CC1)OCc1ccccc1. The van der Waals surface area contributed by atoms with Crippen molar-refractivity contribution in [3.8, 4) is 0 Å². The summed E-state index contributed by atoms with van der Waals surface area (Å²) in [6.45, 7) is 4.93. The highest BCUT2D eigenvalue weighted by molar-refractivity contribution is 5.67. The molecule has 26 heavy (non-hydrogen) atoms. The van der Waals surface area contributed by atoms with Gasteiger partial charge in [-0.15, -0.1) is 0 Å². The monoisotopic (exact) mass is 357 g/mol. The maximum absolute atomic E-state index is 12.0. The molecule has 2 aliphatic heterocycles. The Morgan fingerprint density at radius 2 is 1.85 bits per heavy atom. The quantitative estimate of drug-likeness (QED) is 0.870. The first-order valence-electron chi connectivity index (χ1n) is 10.1. The smallest absolute Gasteiger partial charge is 0.407 e. The molecular weight excluding hydrogens is 326 g/mol. The van der Waals surface area contributed by atoms with Crippen molar-refractivity contribution >= 4 is 6.09 Å². The lowest BCUT2D eigenvalue weighted by molar-refractivity contribution is -0.0301. The molecule has 2 N–H and O–H groups in total. The molecule has 2 saturated heterocycles. The molecule has 1 saturated carbocycles. The Bertz CT molecular complexity index is 585. The van der Waals surface area contributed by atoms with Crippen LogP contribution < -0.4 is 10.6 Å². The normalized spacial score (nSPS) is 24.2. The van der Waals surface area contributed by atoms with Crippen molar-refractivity contribution in [3.05, 3.63) is 35.9 Å². The van der Waals surface area contributed by atoms with Crippen LogP contribution in [-0.4, -0.2) is 49.3 Å². The summed E-state index contributed by atoms with van der Waals surface area (Å²) in [5, 5.41) is 6.53. The third kappa shape index (κ3) is 4.21. The van der Waals surface area contributed by atoms with Crippen LogP contribution in [0.1, 0.15) is 44.1 Å². The van der Waals surface area contributed by atoms with Gasteiger partial charge in [0.1, 0.15) is 6.61 Å². The molecule has 142 valence electrons. The summed E-state index contributed by atoms with van der Waals surface area (Å²) in [7, 11) is 0. The van der Waals surface area contributed by atoms with E-state index in [1.54, 1.807) is 0 Å². The molecule has 0 radical (unpaired) electrons. The number of piperidine rings is 2. The number of carbonyl (C=O) groups excluding carboxylic acids is 1. The Balaban J connectivity index is 1.14. The maximum Gasteiger partial charge on any atom is 0.407 e. The van der Waals surface area contributed by atoms with Crippen LogP contribution in [0, 0.1) is 5.41 Å². The van der Waals surface area contributed by atoms with E-state index in [4.69, 9.17) is 4.74 Å². The van der Waals surface area contributed by atoms with Gasteiger partial charge >= 0.3 is 6.09 Å². The zero-order valence-electron chi connectivity index (χ0n) is 15.6. The average molecular weight is 357 g/mol. The van der Waals surface area contributed by atoms with Gasteiger partial charge in [0.2, 0.25) is 0 Å². The first-order valence-corrected chi connectivity index (χ1v) is 10.1. The van der Waals surface area contributed by atoms with E-state index in [0.29, 0.717) is 12.0 Å². The third-order valence-electron chi connectivity index (χ3n) is 6.58. The van der Waals surface area contributed by atoms with Crippen molar-refractivity contribution in [2.24, 2.45) is 5.41 Å². The van der Waals surface area contributed by atoms with Gasteiger partial charge in [-0.2, -0.15) is 0 Å². The van der Waals surface area contributed by atoms with E-state index < -0.39 is 0 Å². The Hall–Kier alpha value is -1.59. The fraction of sp³-hybridized carbons (Fsp3) is 0.667. The Morgan fingerprint density at radius 3 is 2.54 bits per heavy atom. The molecule has 1 aliphatic carbocycles. The molecule has 0 bridgehead atoms. The van der Waals surface area contributed by atoms with Gasteiger partial charge in [-0.05, 0) is 62.6 Å². The van der Waals surface area contributed by atoms with Crippen molar-refractivity contribution in [1.82, 2.24) is 15.5 Å². The standard InChI is InChI=1S/C21H31N3O2/c25-20(26-16-17-4-2-1-3-5-17)23-18-6-12-24(13-7-18)19-14-21(15-19)8-10-22-11-9-21/h1-5,18-19,22H,6-16H2,(H,23,25). The predicted molar refractivity (Wildman–Crippen MR) is 102 cm³/mol. The molecule has 3 fully saturated rings. The van der Waals surface area contributed by atoms with Crippen LogP contribution in [0.3, 0.4) is 0 Å². The van der Waals surface area contributed by atoms with Gasteiger partial charge in [-0.3, -0.25) is 0 Å². The van der Waals surface area contributed by atoms with E-state index in [1.165, 1.54) is 38.8 Å². The second kappa shape index (κ2) is 7.97. The fourth-order valence-corrected chi connectivity index (χ4v) is 4.90. The summed E-state index contributed by atoms with van der Waals surface area (Å²) < 4.78 is 5.34. The maximum atomic E-state index is 12.0. The van der Waals surface area contributed by atoms with Gasteiger partial charge in [0.25, 0.3) is 0 Å². The van der Waals surface area contributed by atoms with E-state index in [-0.39, 0.29) is 12.1 Å². The second-order valence-corrected chi connectivity index (χ2v) is 8.33. The molecule has 2 heterocycles. The van der Waals surface area contributed by atoms with Gasteiger partial charge in [0.15, 0.2) is 0 Å². The van der Waals surface area contributed by atoms with Gasteiger partial charge in [0, 0.05) is 25.2 Å². The Kier molecular flexibility index (Phi) is 5.46. The number of ether oxygens (including phenoxy) is 1. The minimum atomic E-state index is -0.287. The number of carbonyl (C=O) groups is 1. The summed E-state index contributed by atoms with van der Waals surface area (Å²) in [5.41, 5.74) is 1.67. The van der Waals surface area contributed by atoms with Crippen molar-refractivity contribution < 1.29 is 9.53 Å². The van der Waals surface area contributed by atoms with E-state index >= 15 is 0 Å². The molecule has 5 heteroatoms. The molecule has 1 aromatic rings. The summed E-state index contributed by atoms with van der Waals surface area (Å²) in [4.78, 5) is 14.7. The van der Waals surface area contributed by atoms with Crippen LogP contribution in [0.4, 0.5) is 4.79 Å². The summed E-state index contributed by atoms with van der Waals surface area (Å²) >= 11 is 0. The number of nitrogens with one attached hydrogen (secondary N) is 2. The number of nitrogens with zero attached hydrogens (tertiary/aromatic N) is 1. The van der Waals surface area contributed by atoms with Gasteiger partial charge < -0.3 is 20.3 Å². The fourth-order valence-electron chi connectivity index (χ4n) is 4.90. The molecule has 1 aromatic carbocycles. The lowest BCUT2D eigenvalue weighted by Gasteiger charge is -2.55. The van der Waals surface area contributed by atoms with Crippen molar-refractivity contribution in [2.45, 2.75) is 57.2 Å². The highest BCUT2D eigenvalue weighted by atomic mass is 16.5. The topological polar surface area (TPSA) is 53.6 Å². The van der Waals surface area contributed by atoms with Gasteiger partial charge in [-0.25, -0.2) is 4.79 Å². The molecular formula is C21H31N3O2. The molecule has 0 aromatic heterocycles. The van der Waals surface area contributed by atoms with Crippen LogP contribution in [-0.2, 0) is 11.3 Å². The van der Waals surface area contributed by atoms with E-state index in [2.05, 4.69) is 15.5 Å². The number of likely N-dealkylation sites (tertiary alicyclic amines) is 1. The largest absolute Gasteiger partial charge is 0.445 e. The number of amides is 1. The van der Waals surface area contributed by atoms with Crippen LogP contribution in [0.5, 0.6) is 0 Å². The highest BCUT2D eigenvalue weighted by Crippen LogP contribution is 2.50. The molecule has 5 nitrogen and oxygen atoms in total. The lowest BCUT2D eigenvalue weighted by Crippen LogP contribution is -2.57. The zero-order valence-corrected chi connectivity index (χ0v) is 15.6. The molecule has 0 unspecified atom stereocenters. The predicted octanol–water partition coefficient (Wildman–Crippen LogP) is 2.91. The van der Waals surface area contributed by atoms with Crippen molar-refractivity contribution in [1.29, 1.82) is 0 Å². The molecule has 4 rings (SSSR count). The minimum Gasteiger partial charge on any atom is -0.445 e. The second-order valence-electron chi connectivity index (χ2n) is 8.33. The van der Waals surface area contributed by atoms with E-state index in [1.807, 2.05) is 30.3 Å². The van der Waals surface area contributed by atoms with Gasteiger partial charge in [-0.1, -0.05) is 30.3 Å². The van der Waals surface area contributed by atoms with Crippen LogP contribution in [0.25, 0.3) is 0 Å². The minimum absolute atomic E-state index is 0.252. The molecule has 0 atom stereocenters. The van der Waals surface area contributed by atoms with Crippen LogP contribution in [0.2, 0.25) is 0 Å². The number of benzene rings is 1. The Morgan fingerprint density at radius 1 is 1.15 bits per heavy atom. The third-order valence-corrected chi connectivity index (χ3v) is 6.58. The summed E-state index contributed by atoms with van der Waals surface area (Å²) in [6, 6.07) is 10.9. The lowest BCUT2D eigenvalue weighted by atomic mass is 9.60. The Labute approximate surface area is 156 Å². The number of hydrogen-bond donors (Lipinski definition) is 2. The molecule has 1 spiro atoms. The van der Waals surface area contributed by atoms with Gasteiger partial charge in [0.05, 0.1) is 0 Å². The van der Waals surface area contributed by atoms with E-state index in [9.17, 15) is 4.79 Å². The molecule has 3 aliphatic rings. The summed E-state index contributed by atoms with van der Waals surface area (Å²) in [5.74, 6) is 0. The van der Waals surface area contributed by atoms with E-state index in [0.717, 1.165) is 37.5 Å². The van der Waals surface area contributed by atoms with Crippen LogP contribution >= 0.6 is 0 Å². The first kappa shape index (κ1) is 17.8. The first-order chi connectivity index (χ1) is 12.7. The zero-order chi connectivity index (χ0) is 17.8. The number of rotatable bonds is 4. The van der Waals surface area contributed by atoms with Crippen molar-refractivity contribution in [2.75, 3.05) is 26.2 Å². The van der Waals surface area contributed by atoms with Crippen molar-refractivity contribution in [3.63, 3.8) is 0 Å². The average Bonchev–Trinajstić information content (AvgIpc) is 2.67. The van der Waals surface area contributed by atoms with Crippen LogP contribution in [0.15, 0.2) is 30.3 Å². The molecule has 1 amide bonds. The highest BCUT2D eigenvalue weighted by Gasteiger charge is 2.46. The number of hydrogen-bond acceptors (Lipinski definition) is 4. The number of alkyl carbamates (subject to hydrolysis) is 1.